The molecule has 120 valence electrons. The maximum Gasteiger partial charge on any atom is 0.114 e. The Balaban J connectivity index is 1.65. The van der Waals surface area contributed by atoms with Gasteiger partial charge in [-0.1, -0.05) is 55.2 Å². The van der Waals surface area contributed by atoms with E-state index in [1.807, 2.05) is 49.4 Å². The highest BCUT2D eigenvalue weighted by atomic mass is 32.2. The lowest BCUT2D eigenvalue weighted by Gasteiger charge is -2.18. The summed E-state index contributed by atoms with van der Waals surface area (Å²) in [6, 6.07) is 16.1. The summed E-state index contributed by atoms with van der Waals surface area (Å²) in [6.45, 7) is 2.05. The fourth-order valence-electron chi connectivity index (χ4n) is 3.73. The van der Waals surface area contributed by atoms with Crippen LogP contribution in [-0.2, 0) is 15.5 Å². The van der Waals surface area contributed by atoms with Gasteiger partial charge in [0.05, 0.1) is 16.4 Å². The molecule has 1 saturated heterocycles. The zero-order valence-corrected chi connectivity index (χ0v) is 14.3. The minimum Gasteiger partial charge on any atom is -0.361 e. The van der Waals surface area contributed by atoms with Gasteiger partial charge in [-0.2, -0.15) is 0 Å². The smallest absolute Gasteiger partial charge is 0.114 e. The first kappa shape index (κ1) is 15.1. The van der Waals surface area contributed by atoms with Crippen LogP contribution < -0.4 is 0 Å². The van der Waals surface area contributed by atoms with Gasteiger partial charge in [-0.15, -0.1) is 0 Å². The Bertz CT molecular complexity index is 730. The van der Waals surface area contributed by atoms with E-state index < -0.39 is 10.8 Å². The first-order valence-electron chi connectivity index (χ1n) is 8.45. The number of epoxide rings is 1. The van der Waals surface area contributed by atoms with Gasteiger partial charge in [0.1, 0.15) is 6.10 Å². The third kappa shape index (κ3) is 2.77. The molecule has 0 N–H and O–H groups in total. The van der Waals surface area contributed by atoms with Crippen molar-refractivity contribution in [1.29, 1.82) is 0 Å². The van der Waals surface area contributed by atoms with E-state index in [0.29, 0.717) is 0 Å². The second-order valence-electron chi connectivity index (χ2n) is 6.74. The average molecular weight is 326 g/mol. The maximum absolute atomic E-state index is 13.0. The molecular weight excluding hydrogens is 304 g/mol. The van der Waals surface area contributed by atoms with Gasteiger partial charge in [0.25, 0.3) is 0 Å². The minimum atomic E-state index is -1.15. The Hall–Kier alpha value is -1.45. The third-order valence-electron chi connectivity index (χ3n) is 5.11. The molecule has 2 nitrogen and oxygen atoms in total. The normalized spacial score (nSPS) is 23.6. The second-order valence-corrected chi connectivity index (χ2v) is 8.19. The van der Waals surface area contributed by atoms with Crippen LogP contribution in [0.4, 0.5) is 0 Å². The van der Waals surface area contributed by atoms with Gasteiger partial charge in [-0.05, 0) is 38.0 Å². The molecule has 1 saturated carbocycles. The summed E-state index contributed by atoms with van der Waals surface area (Å²) in [7, 11) is -1.15. The zero-order chi connectivity index (χ0) is 15.9. The molecule has 2 aliphatic rings. The van der Waals surface area contributed by atoms with Crippen LogP contribution >= 0.6 is 0 Å². The van der Waals surface area contributed by atoms with Crippen LogP contribution in [0.15, 0.2) is 58.3 Å². The zero-order valence-electron chi connectivity index (χ0n) is 13.5. The van der Waals surface area contributed by atoms with E-state index in [1.165, 1.54) is 24.8 Å². The highest BCUT2D eigenvalue weighted by molar-refractivity contribution is 7.85. The monoisotopic (exact) mass is 326 g/mol. The number of hydrogen-bond donors (Lipinski definition) is 0. The van der Waals surface area contributed by atoms with Gasteiger partial charge in [0.2, 0.25) is 0 Å². The molecule has 1 aliphatic heterocycles. The molecule has 1 aliphatic carbocycles. The summed E-state index contributed by atoms with van der Waals surface area (Å²) < 4.78 is 19.2. The molecule has 23 heavy (non-hydrogen) atoms. The van der Waals surface area contributed by atoms with Crippen LogP contribution in [0.3, 0.4) is 0 Å². The van der Waals surface area contributed by atoms with Crippen LogP contribution in [0.1, 0.15) is 49.3 Å². The molecule has 0 aromatic heterocycles. The number of aryl methyl sites for hydroxylation is 1. The lowest BCUT2D eigenvalue weighted by atomic mass is 9.84. The highest BCUT2D eigenvalue weighted by Crippen LogP contribution is 2.58. The van der Waals surface area contributed by atoms with Crippen molar-refractivity contribution >= 4 is 10.8 Å². The topological polar surface area (TPSA) is 29.6 Å². The molecule has 1 unspecified atom stereocenters. The van der Waals surface area contributed by atoms with Gasteiger partial charge >= 0.3 is 0 Å². The lowest BCUT2D eigenvalue weighted by molar-refractivity contribution is 0.233. The van der Waals surface area contributed by atoms with E-state index in [2.05, 4.69) is 6.07 Å². The van der Waals surface area contributed by atoms with E-state index in [1.54, 1.807) is 0 Å². The van der Waals surface area contributed by atoms with Crippen molar-refractivity contribution in [3.05, 3.63) is 59.7 Å². The molecule has 1 spiro atoms. The van der Waals surface area contributed by atoms with Crippen molar-refractivity contribution in [2.75, 3.05) is 0 Å². The Kier molecular flexibility index (Phi) is 3.86. The van der Waals surface area contributed by atoms with Gasteiger partial charge in [-0.3, -0.25) is 0 Å². The largest absolute Gasteiger partial charge is 0.361 e. The summed E-state index contributed by atoms with van der Waals surface area (Å²) in [5, 5.41) is 0. The summed E-state index contributed by atoms with van der Waals surface area (Å²) in [5.41, 5.74) is 2.34. The van der Waals surface area contributed by atoms with E-state index in [0.717, 1.165) is 28.2 Å². The molecule has 0 bridgehead atoms. The first-order chi connectivity index (χ1) is 11.2. The quantitative estimate of drug-likeness (QED) is 0.748. The molecule has 2 fully saturated rings. The molecule has 3 heteroatoms. The van der Waals surface area contributed by atoms with Gasteiger partial charge in [0, 0.05) is 15.4 Å². The summed E-state index contributed by atoms with van der Waals surface area (Å²) in [5.74, 6) is 0. The van der Waals surface area contributed by atoms with E-state index in [9.17, 15) is 4.21 Å². The van der Waals surface area contributed by atoms with E-state index >= 15 is 0 Å². The molecule has 0 radical (unpaired) electrons. The van der Waals surface area contributed by atoms with E-state index in [-0.39, 0.29) is 11.7 Å². The minimum absolute atomic E-state index is 0.0336. The van der Waals surface area contributed by atoms with Crippen LogP contribution in [0.2, 0.25) is 0 Å². The Morgan fingerprint density at radius 3 is 2.43 bits per heavy atom. The second kappa shape index (κ2) is 5.88. The maximum atomic E-state index is 13.0. The number of ether oxygens (including phenoxy) is 1. The fraction of sp³-hybridized carbons (Fsp3) is 0.400. The average Bonchev–Trinajstić information content (AvgIpc) is 3.28. The van der Waals surface area contributed by atoms with Gasteiger partial charge in [-0.25, -0.2) is 4.21 Å². The molecule has 4 rings (SSSR count). The van der Waals surface area contributed by atoms with Crippen LogP contribution in [0.5, 0.6) is 0 Å². The van der Waals surface area contributed by atoms with Crippen LogP contribution in [-0.4, -0.2) is 9.81 Å². The molecule has 2 aromatic carbocycles. The Morgan fingerprint density at radius 1 is 1.00 bits per heavy atom. The third-order valence-corrected chi connectivity index (χ3v) is 6.58. The van der Waals surface area contributed by atoms with Crippen molar-refractivity contribution in [2.45, 2.75) is 60.5 Å². The van der Waals surface area contributed by atoms with Gasteiger partial charge < -0.3 is 4.74 Å². The number of hydrogen-bond acceptors (Lipinski definition) is 2. The molecule has 1 heterocycles. The Labute approximate surface area is 140 Å². The van der Waals surface area contributed by atoms with Crippen molar-refractivity contribution in [1.82, 2.24) is 0 Å². The summed E-state index contributed by atoms with van der Waals surface area (Å²) in [4.78, 5) is 1.77. The predicted octanol–water partition coefficient (Wildman–Crippen LogP) is 4.94. The molecular formula is C20H22O2S. The van der Waals surface area contributed by atoms with Crippen LogP contribution in [0, 0.1) is 6.92 Å². The van der Waals surface area contributed by atoms with E-state index in [4.69, 9.17) is 4.74 Å². The fourth-order valence-corrected chi connectivity index (χ4v) is 4.96. The number of rotatable bonds is 3. The van der Waals surface area contributed by atoms with Crippen molar-refractivity contribution in [3.63, 3.8) is 0 Å². The van der Waals surface area contributed by atoms with Gasteiger partial charge in [0.15, 0.2) is 0 Å². The van der Waals surface area contributed by atoms with Crippen molar-refractivity contribution in [2.24, 2.45) is 0 Å². The SMILES string of the molecule is Cc1ccc(S(=O)c2ccccc2[C@@H]2OC23CCCCC3)cc1. The van der Waals surface area contributed by atoms with Crippen LogP contribution in [0.25, 0.3) is 0 Å². The standard InChI is InChI=1S/C20H22O2S/c1-15-9-11-16(12-10-15)23(21)18-8-4-3-7-17(18)19-20(22-19)13-5-2-6-14-20/h3-4,7-12,19H,2,5-6,13-14H2,1H3/t19-,23?/m0/s1. The molecule has 2 atom stereocenters. The first-order valence-corrected chi connectivity index (χ1v) is 9.60. The molecule has 0 amide bonds. The Morgan fingerprint density at radius 2 is 1.70 bits per heavy atom. The molecule has 2 aromatic rings. The summed E-state index contributed by atoms with van der Waals surface area (Å²) in [6.07, 6.45) is 6.23. The summed E-state index contributed by atoms with van der Waals surface area (Å²) >= 11 is 0. The lowest BCUT2D eigenvalue weighted by Crippen LogP contribution is -2.17. The van der Waals surface area contributed by atoms with Crippen molar-refractivity contribution < 1.29 is 8.95 Å². The predicted molar refractivity (Wildman–Crippen MR) is 91.9 cm³/mol. The highest BCUT2D eigenvalue weighted by Gasteiger charge is 2.57. The number of benzene rings is 2. The van der Waals surface area contributed by atoms with Crippen molar-refractivity contribution in [3.8, 4) is 0 Å².